The van der Waals surface area contributed by atoms with E-state index < -0.39 is 6.43 Å². The second-order valence-electron chi connectivity index (χ2n) is 4.77. The van der Waals surface area contributed by atoms with Crippen molar-refractivity contribution in [3.8, 4) is 28.7 Å². The minimum Gasteiger partial charge on any atom is -0.508 e. The fraction of sp³-hybridized carbons (Fsp3) is 0.125. The number of phenols is 1. The van der Waals surface area contributed by atoms with Crippen LogP contribution in [0.2, 0.25) is 0 Å². The molecule has 0 aliphatic carbocycles. The molecule has 0 aliphatic rings. The van der Waals surface area contributed by atoms with Crippen LogP contribution >= 0.6 is 0 Å². The number of aromatic nitrogens is 3. The van der Waals surface area contributed by atoms with E-state index in [2.05, 4.69) is 9.97 Å². The molecule has 0 saturated carbocycles. The average molecular weight is 317 g/mol. The van der Waals surface area contributed by atoms with E-state index in [9.17, 15) is 13.9 Å². The van der Waals surface area contributed by atoms with Crippen LogP contribution in [0.5, 0.6) is 11.6 Å². The van der Waals surface area contributed by atoms with Crippen molar-refractivity contribution < 1.29 is 18.6 Å². The maximum Gasteiger partial charge on any atom is 0.281 e. The number of alkyl halides is 2. The number of nitrogens with zero attached hydrogens (tertiary/aromatic N) is 3. The maximum atomic E-state index is 13.0. The van der Waals surface area contributed by atoms with E-state index in [0.717, 1.165) is 0 Å². The predicted molar refractivity (Wildman–Crippen MR) is 80.0 cm³/mol. The number of phenolic OH excluding ortho intramolecular Hbond substituents is 1. The molecule has 0 atom stereocenters. The third-order valence-electron chi connectivity index (χ3n) is 3.28. The van der Waals surface area contributed by atoms with Crippen LogP contribution in [-0.4, -0.2) is 26.8 Å². The lowest BCUT2D eigenvalue weighted by Gasteiger charge is -2.08. The number of pyridine rings is 1. The highest BCUT2D eigenvalue weighted by Crippen LogP contribution is 2.28. The molecule has 1 N–H and O–H groups in total. The fourth-order valence-corrected chi connectivity index (χ4v) is 2.15. The normalized spacial score (nSPS) is 11.0. The van der Waals surface area contributed by atoms with Crippen molar-refractivity contribution >= 4 is 0 Å². The van der Waals surface area contributed by atoms with Crippen molar-refractivity contribution in [2.24, 2.45) is 0 Å². The Bertz CT molecular complexity index is 799. The van der Waals surface area contributed by atoms with Gasteiger partial charge in [0.05, 0.1) is 7.11 Å². The first kappa shape index (κ1) is 15.0. The number of ether oxygens (including phenoxy) is 1. The molecule has 0 spiro atoms. The van der Waals surface area contributed by atoms with Gasteiger partial charge in [-0.05, 0) is 30.3 Å². The van der Waals surface area contributed by atoms with E-state index in [1.54, 1.807) is 24.3 Å². The van der Waals surface area contributed by atoms with E-state index in [1.165, 1.54) is 36.2 Å². The van der Waals surface area contributed by atoms with Gasteiger partial charge in [0, 0.05) is 29.7 Å². The number of halogens is 2. The Morgan fingerprint density at radius 3 is 2.43 bits per heavy atom. The zero-order valence-corrected chi connectivity index (χ0v) is 12.1. The van der Waals surface area contributed by atoms with E-state index in [0.29, 0.717) is 23.0 Å². The third kappa shape index (κ3) is 2.98. The lowest BCUT2D eigenvalue weighted by atomic mass is 10.2. The summed E-state index contributed by atoms with van der Waals surface area (Å²) in [5.41, 5.74) is 0.850. The van der Waals surface area contributed by atoms with Crippen LogP contribution in [0.1, 0.15) is 12.1 Å². The molecule has 0 saturated heterocycles. The highest BCUT2D eigenvalue weighted by molar-refractivity contribution is 5.59. The molecule has 3 aromatic rings. The summed E-state index contributed by atoms with van der Waals surface area (Å²) in [7, 11) is 1.49. The number of imidazole rings is 1. The van der Waals surface area contributed by atoms with Gasteiger partial charge in [-0.2, -0.15) is 0 Å². The van der Waals surface area contributed by atoms with Gasteiger partial charge < -0.3 is 9.84 Å². The Morgan fingerprint density at radius 2 is 1.87 bits per heavy atom. The molecule has 1 aromatic carbocycles. The summed E-state index contributed by atoms with van der Waals surface area (Å²) in [5.74, 6) is 0.849. The summed E-state index contributed by atoms with van der Waals surface area (Å²) >= 11 is 0. The predicted octanol–water partition coefficient (Wildman–Crippen LogP) is 3.59. The lowest BCUT2D eigenvalue weighted by molar-refractivity contribution is 0.146. The molecule has 0 bridgehead atoms. The Kier molecular flexibility index (Phi) is 3.92. The third-order valence-corrected chi connectivity index (χ3v) is 3.28. The summed E-state index contributed by atoms with van der Waals surface area (Å²) in [6.45, 7) is 0. The van der Waals surface area contributed by atoms with Crippen LogP contribution < -0.4 is 4.74 Å². The first-order valence-corrected chi connectivity index (χ1v) is 6.75. The average Bonchev–Trinajstić information content (AvgIpc) is 3.01. The number of aromatic hydroxyl groups is 1. The fourth-order valence-electron chi connectivity index (χ4n) is 2.15. The summed E-state index contributed by atoms with van der Waals surface area (Å²) in [6.07, 6.45) is 0.0996. The van der Waals surface area contributed by atoms with Gasteiger partial charge in [-0.25, -0.2) is 18.7 Å². The van der Waals surface area contributed by atoms with Gasteiger partial charge >= 0.3 is 0 Å². The largest absolute Gasteiger partial charge is 0.508 e. The zero-order valence-electron chi connectivity index (χ0n) is 12.1. The monoisotopic (exact) mass is 317 g/mol. The first-order valence-electron chi connectivity index (χ1n) is 6.75. The molecule has 0 amide bonds. The molecule has 7 heteroatoms. The van der Waals surface area contributed by atoms with E-state index in [4.69, 9.17) is 4.74 Å². The zero-order chi connectivity index (χ0) is 16.4. The van der Waals surface area contributed by atoms with E-state index >= 15 is 0 Å². The van der Waals surface area contributed by atoms with Crippen LogP contribution in [0, 0.1) is 0 Å². The number of benzene rings is 1. The second kappa shape index (κ2) is 6.04. The van der Waals surface area contributed by atoms with Crippen molar-refractivity contribution in [1.29, 1.82) is 0 Å². The first-order chi connectivity index (χ1) is 11.1. The van der Waals surface area contributed by atoms with Crippen molar-refractivity contribution in [2.75, 3.05) is 7.11 Å². The molecule has 0 aliphatic heterocycles. The molecular weight excluding hydrogens is 304 g/mol. The SMILES string of the molecule is COc1ccc(-c2nc(C(F)F)cn2-c2ccc(O)cc2)cn1. The standard InChI is InChI=1S/C16H13F2N3O2/c1-23-14-7-2-10(8-19-14)16-20-13(15(17)18)9-21(16)11-3-5-12(22)6-4-11/h2-9,15,22H,1H3. The minimum atomic E-state index is -2.68. The Morgan fingerprint density at radius 1 is 1.13 bits per heavy atom. The Balaban J connectivity index is 2.12. The topological polar surface area (TPSA) is 60.2 Å². The van der Waals surface area contributed by atoms with Crippen molar-refractivity contribution in [3.05, 3.63) is 54.5 Å². The molecule has 5 nitrogen and oxygen atoms in total. The molecule has 2 aromatic heterocycles. The van der Waals surface area contributed by atoms with Crippen LogP contribution in [0.4, 0.5) is 8.78 Å². The van der Waals surface area contributed by atoms with Crippen LogP contribution in [-0.2, 0) is 0 Å². The summed E-state index contributed by atoms with van der Waals surface area (Å²) in [4.78, 5) is 8.08. The van der Waals surface area contributed by atoms with Crippen LogP contribution in [0.3, 0.4) is 0 Å². The Labute approximate surface area is 130 Å². The van der Waals surface area contributed by atoms with Crippen LogP contribution in [0.25, 0.3) is 17.1 Å². The minimum absolute atomic E-state index is 0.0932. The van der Waals surface area contributed by atoms with Gasteiger partial charge in [0.25, 0.3) is 6.43 Å². The smallest absolute Gasteiger partial charge is 0.281 e. The summed E-state index contributed by atoms with van der Waals surface area (Å²) < 4.78 is 32.6. The van der Waals surface area contributed by atoms with Crippen LogP contribution in [0.15, 0.2) is 48.8 Å². The quantitative estimate of drug-likeness (QED) is 0.799. The van der Waals surface area contributed by atoms with Gasteiger partial charge in [0.1, 0.15) is 17.3 Å². The van der Waals surface area contributed by atoms with Gasteiger partial charge in [0.15, 0.2) is 0 Å². The van der Waals surface area contributed by atoms with Gasteiger partial charge in [-0.15, -0.1) is 0 Å². The molecule has 2 heterocycles. The molecule has 23 heavy (non-hydrogen) atoms. The highest BCUT2D eigenvalue weighted by Gasteiger charge is 2.18. The second-order valence-corrected chi connectivity index (χ2v) is 4.77. The van der Waals surface area contributed by atoms with Gasteiger partial charge in [0.2, 0.25) is 5.88 Å². The van der Waals surface area contributed by atoms with Gasteiger partial charge in [-0.1, -0.05) is 0 Å². The summed E-state index contributed by atoms with van der Waals surface area (Å²) in [6, 6.07) is 9.52. The molecule has 118 valence electrons. The lowest BCUT2D eigenvalue weighted by Crippen LogP contribution is -1.96. The number of hydrogen-bond acceptors (Lipinski definition) is 4. The molecule has 3 rings (SSSR count). The molecule has 0 radical (unpaired) electrons. The number of rotatable bonds is 4. The maximum absolute atomic E-state index is 13.0. The van der Waals surface area contributed by atoms with Crippen molar-refractivity contribution in [2.45, 2.75) is 6.43 Å². The van der Waals surface area contributed by atoms with Crippen molar-refractivity contribution in [1.82, 2.24) is 14.5 Å². The van der Waals surface area contributed by atoms with Gasteiger partial charge in [-0.3, -0.25) is 4.57 Å². The number of methoxy groups -OCH3 is 1. The van der Waals surface area contributed by atoms with E-state index in [-0.39, 0.29) is 11.4 Å². The summed E-state index contributed by atoms with van der Waals surface area (Å²) in [5, 5.41) is 9.37. The Hall–Kier alpha value is -2.96. The molecule has 0 fully saturated rings. The van der Waals surface area contributed by atoms with E-state index in [1.807, 2.05) is 0 Å². The number of hydrogen-bond donors (Lipinski definition) is 1. The van der Waals surface area contributed by atoms with Crippen molar-refractivity contribution in [3.63, 3.8) is 0 Å². The molecular formula is C16H13F2N3O2. The highest BCUT2D eigenvalue weighted by atomic mass is 19.3. The molecule has 0 unspecified atom stereocenters.